The van der Waals surface area contributed by atoms with Crippen LogP contribution in [0.5, 0.6) is 11.5 Å². The van der Waals surface area contributed by atoms with Gasteiger partial charge in [0.05, 0.1) is 32.3 Å². The molecule has 0 fully saturated rings. The highest BCUT2D eigenvalue weighted by molar-refractivity contribution is 5.96. The molecule has 0 saturated carbocycles. The zero-order valence-corrected chi connectivity index (χ0v) is 19.7. The third kappa shape index (κ3) is 5.75. The van der Waals surface area contributed by atoms with Crippen LogP contribution in [0.2, 0.25) is 0 Å². The molecule has 1 aromatic rings. The van der Waals surface area contributed by atoms with Crippen LogP contribution in [-0.2, 0) is 20.9 Å². The maximum Gasteiger partial charge on any atom is 0.406 e. The minimum absolute atomic E-state index is 0.0592. The van der Waals surface area contributed by atoms with Gasteiger partial charge in [0.2, 0.25) is 11.8 Å². The van der Waals surface area contributed by atoms with Crippen molar-refractivity contribution in [2.75, 3.05) is 40.0 Å². The number of benzene rings is 1. The standard InChI is InChI=1S/C23H29F3N2O8/c1-3-35-10-17(31)28(11-23(24,25)26)15-8-14(22(33)27-4-5-29)18-13-6-12(9-30)7-16(34-2)20(13)36-21(18)19(15)32/h6-8,15,18-19,21,29-30,32H,3-5,9-11H2,1-2H3,(H,27,33). The number of hydrogen-bond donors (Lipinski definition) is 4. The molecule has 2 aliphatic rings. The molecule has 0 aromatic heterocycles. The van der Waals surface area contributed by atoms with Crippen molar-refractivity contribution < 1.29 is 52.3 Å². The zero-order valence-electron chi connectivity index (χ0n) is 19.7. The Morgan fingerprint density at radius 2 is 1.97 bits per heavy atom. The highest BCUT2D eigenvalue weighted by atomic mass is 19.4. The normalized spacial score (nSPS) is 22.7. The van der Waals surface area contributed by atoms with Crippen LogP contribution in [0.25, 0.3) is 0 Å². The van der Waals surface area contributed by atoms with Crippen LogP contribution in [0, 0.1) is 0 Å². The first kappa shape index (κ1) is 27.7. The lowest BCUT2D eigenvalue weighted by Crippen LogP contribution is -2.58. The van der Waals surface area contributed by atoms with E-state index in [9.17, 15) is 33.0 Å². The van der Waals surface area contributed by atoms with Crippen LogP contribution >= 0.6 is 0 Å². The van der Waals surface area contributed by atoms with Crippen molar-refractivity contribution >= 4 is 11.8 Å². The molecule has 2 amide bonds. The highest BCUT2D eigenvalue weighted by Gasteiger charge is 2.52. The van der Waals surface area contributed by atoms with Crippen molar-refractivity contribution in [1.29, 1.82) is 0 Å². The monoisotopic (exact) mass is 518 g/mol. The van der Waals surface area contributed by atoms with E-state index >= 15 is 0 Å². The molecule has 13 heteroatoms. The van der Waals surface area contributed by atoms with E-state index in [1.165, 1.54) is 13.2 Å². The SMILES string of the molecule is CCOCC(=O)N(CC(F)(F)F)C1C=C(C(=O)NCCO)C2c3cc(CO)cc(OC)c3OC2C1O. The molecule has 4 N–H and O–H groups in total. The van der Waals surface area contributed by atoms with E-state index in [4.69, 9.17) is 19.3 Å². The Morgan fingerprint density at radius 3 is 2.56 bits per heavy atom. The first-order valence-electron chi connectivity index (χ1n) is 11.3. The van der Waals surface area contributed by atoms with E-state index in [0.717, 1.165) is 6.08 Å². The highest BCUT2D eigenvalue weighted by Crippen LogP contribution is 2.51. The molecular weight excluding hydrogens is 489 g/mol. The van der Waals surface area contributed by atoms with E-state index in [1.807, 2.05) is 0 Å². The fraction of sp³-hybridized carbons (Fsp3) is 0.565. The molecule has 36 heavy (non-hydrogen) atoms. The van der Waals surface area contributed by atoms with Crippen LogP contribution < -0.4 is 14.8 Å². The molecule has 0 saturated heterocycles. The summed E-state index contributed by atoms with van der Waals surface area (Å²) in [6, 6.07) is 1.47. The maximum absolute atomic E-state index is 13.4. The van der Waals surface area contributed by atoms with Gasteiger partial charge in [-0.2, -0.15) is 13.2 Å². The molecule has 1 aliphatic carbocycles. The summed E-state index contributed by atoms with van der Waals surface area (Å²) in [5.41, 5.74) is 0.748. The number of nitrogens with one attached hydrogen (secondary N) is 1. The third-order valence-corrected chi connectivity index (χ3v) is 5.95. The average Bonchev–Trinajstić information content (AvgIpc) is 3.23. The zero-order chi connectivity index (χ0) is 26.6. The second kappa shape index (κ2) is 11.5. The van der Waals surface area contributed by atoms with Gasteiger partial charge in [-0.05, 0) is 30.7 Å². The number of rotatable bonds is 10. The summed E-state index contributed by atoms with van der Waals surface area (Å²) in [6.07, 6.45) is -6.59. The van der Waals surface area contributed by atoms with Gasteiger partial charge in [0.1, 0.15) is 25.4 Å². The van der Waals surface area contributed by atoms with Crippen molar-refractivity contribution in [2.45, 2.75) is 43.9 Å². The number of fused-ring (bicyclic) bond motifs is 3. The molecule has 1 aromatic carbocycles. The number of methoxy groups -OCH3 is 1. The first-order chi connectivity index (χ1) is 17.1. The van der Waals surface area contributed by atoms with Crippen molar-refractivity contribution in [3.63, 3.8) is 0 Å². The molecule has 0 bridgehead atoms. The number of carbonyl (C=O) groups is 2. The van der Waals surface area contributed by atoms with Gasteiger partial charge in [-0.3, -0.25) is 9.59 Å². The predicted octanol–water partition coefficient (Wildman–Crippen LogP) is 0.237. The summed E-state index contributed by atoms with van der Waals surface area (Å²) in [5.74, 6) is -2.33. The quantitative estimate of drug-likeness (QED) is 0.346. The molecule has 200 valence electrons. The molecule has 1 aliphatic heterocycles. The average molecular weight is 518 g/mol. The Balaban J connectivity index is 2.13. The van der Waals surface area contributed by atoms with E-state index < -0.39 is 55.3 Å². The van der Waals surface area contributed by atoms with Crippen molar-refractivity contribution in [3.05, 3.63) is 34.9 Å². The molecule has 4 unspecified atom stereocenters. The molecule has 1 heterocycles. The Hall–Kier alpha value is -2.87. The summed E-state index contributed by atoms with van der Waals surface area (Å²) in [4.78, 5) is 26.2. The van der Waals surface area contributed by atoms with Gasteiger partial charge in [0.15, 0.2) is 11.5 Å². The molecule has 4 atom stereocenters. The lowest BCUT2D eigenvalue weighted by molar-refractivity contribution is -0.172. The summed E-state index contributed by atoms with van der Waals surface area (Å²) < 4.78 is 56.6. The molecule has 0 radical (unpaired) electrons. The van der Waals surface area contributed by atoms with E-state index in [2.05, 4.69) is 5.32 Å². The number of nitrogens with zero attached hydrogens (tertiary/aromatic N) is 1. The summed E-state index contributed by atoms with van der Waals surface area (Å²) in [5, 5.41) is 32.4. The summed E-state index contributed by atoms with van der Waals surface area (Å²) >= 11 is 0. The summed E-state index contributed by atoms with van der Waals surface area (Å²) in [7, 11) is 1.35. The number of aliphatic hydroxyl groups excluding tert-OH is 3. The smallest absolute Gasteiger partial charge is 0.406 e. The third-order valence-electron chi connectivity index (χ3n) is 5.95. The predicted molar refractivity (Wildman–Crippen MR) is 118 cm³/mol. The fourth-order valence-corrected chi connectivity index (χ4v) is 4.44. The number of hydrogen-bond acceptors (Lipinski definition) is 8. The van der Waals surface area contributed by atoms with Crippen LogP contribution in [0.1, 0.15) is 24.0 Å². The Kier molecular flexibility index (Phi) is 8.82. The van der Waals surface area contributed by atoms with Gasteiger partial charge in [0, 0.05) is 24.3 Å². The van der Waals surface area contributed by atoms with Gasteiger partial charge in [-0.25, -0.2) is 0 Å². The Bertz CT molecular complexity index is 1000. The number of ether oxygens (including phenoxy) is 3. The molecule has 0 spiro atoms. The van der Waals surface area contributed by atoms with Gasteiger partial charge < -0.3 is 39.7 Å². The number of amides is 2. The Morgan fingerprint density at radius 1 is 1.25 bits per heavy atom. The van der Waals surface area contributed by atoms with Crippen molar-refractivity contribution in [1.82, 2.24) is 10.2 Å². The molecular formula is C23H29F3N2O8. The molecule has 10 nitrogen and oxygen atoms in total. The minimum atomic E-state index is -4.80. The van der Waals surface area contributed by atoms with E-state index in [-0.39, 0.29) is 43.4 Å². The lowest BCUT2D eigenvalue weighted by Gasteiger charge is -2.40. The van der Waals surface area contributed by atoms with Gasteiger partial charge in [-0.1, -0.05) is 0 Å². The topological polar surface area (TPSA) is 138 Å². The largest absolute Gasteiger partial charge is 0.493 e. The van der Waals surface area contributed by atoms with Crippen molar-refractivity contribution in [3.8, 4) is 11.5 Å². The maximum atomic E-state index is 13.4. The molecule has 3 rings (SSSR count). The first-order valence-corrected chi connectivity index (χ1v) is 11.3. The van der Waals surface area contributed by atoms with Crippen molar-refractivity contribution in [2.24, 2.45) is 0 Å². The second-order valence-electron chi connectivity index (χ2n) is 8.29. The minimum Gasteiger partial charge on any atom is -0.493 e. The number of carbonyl (C=O) groups excluding carboxylic acids is 2. The fourth-order valence-electron chi connectivity index (χ4n) is 4.44. The lowest BCUT2D eigenvalue weighted by atomic mass is 9.77. The Labute approximate surface area is 205 Å². The second-order valence-corrected chi connectivity index (χ2v) is 8.29. The van der Waals surface area contributed by atoms with E-state index in [1.54, 1.807) is 13.0 Å². The van der Waals surface area contributed by atoms with Crippen LogP contribution in [-0.4, -0.2) is 96.5 Å². The number of halogens is 3. The van der Waals surface area contributed by atoms with Gasteiger partial charge >= 0.3 is 6.18 Å². The number of aliphatic hydroxyl groups is 3. The van der Waals surface area contributed by atoms with Crippen LogP contribution in [0.4, 0.5) is 13.2 Å². The van der Waals surface area contributed by atoms with E-state index in [0.29, 0.717) is 16.0 Å². The van der Waals surface area contributed by atoms with Gasteiger partial charge in [-0.15, -0.1) is 0 Å². The van der Waals surface area contributed by atoms with Crippen LogP contribution in [0.3, 0.4) is 0 Å². The summed E-state index contributed by atoms with van der Waals surface area (Å²) in [6.45, 7) is -1.58. The van der Waals surface area contributed by atoms with Gasteiger partial charge in [0.25, 0.3) is 0 Å². The number of alkyl halides is 3. The van der Waals surface area contributed by atoms with Crippen LogP contribution in [0.15, 0.2) is 23.8 Å².